The number of aryl methyl sites for hydroxylation is 2. The van der Waals surface area contributed by atoms with Gasteiger partial charge in [0.1, 0.15) is 17.3 Å². The molecule has 1 amide bonds. The van der Waals surface area contributed by atoms with Crippen LogP contribution in [0.4, 0.5) is 11.5 Å². The van der Waals surface area contributed by atoms with Gasteiger partial charge in [0.25, 0.3) is 5.91 Å². The van der Waals surface area contributed by atoms with Gasteiger partial charge < -0.3 is 15.4 Å². The van der Waals surface area contributed by atoms with Gasteiger partial charge in [0.05, 0.1) is 19.5 Å². The molecular formula is C21H22N4O2. The SMILES string of the molecule is COc1ccc(CNC(=O)c2cnc(Nc3cc(C)ccc3C)cn2)cc1. The zero-order valence-electron chi connectivity index (χ0n) is 15.6. The topological polar surface area (TPSA) is 76.1 Å². The number of aromatic nitrogens is 2. The standard InChI is InChI=1S/C21H22N4O2/c1-14-4-5-15(2)18(10-14)25-20-13-22-19(12-23-20)21(26)24-11-16-6-8-17(27-3)9-7-16/h4-10,12-13H,11H2,1-3H3,(H,23,25)(H,24,26). The third-order valence-electron chi connectivity index (χ3n) is 4.15. The molecule has 6 heteroatoms. The van der Waals surface area contributed by atoms with E-state index in [1.54, 1.807) is 13.3 Å². The Morgan fingerprint density at radius 3 is 2.48 bits per heavy atom. The number of nitrogens with zero attached hydrogens (tertiary/aromatic N) is 2. The highest BCUT2D eigenvalue weighted by atomic mass is 16.5. The van der Waals surface area contributed by atoms with Crippen LogP contribution in [0.1, 0.15) is 27.2 Å². The fraction of sp³-hybridized carbons (Fsp3) is 0.190. The molecule has 1 aromatic heterocycles. The smallest absolute Gasteiger partial charge is 0.271 e. The molecule has 0 bridgehead atoms. The number of nitrogens with one attached hydrogen (secondary N) is 2. The summed E-state index contributed by atoms with van der Waals surface area (Å²) in [7, 11) is 1.62. The summed E-state index contributed by atoms with van der Waals surface area (Å²) in [6.07, 6.45) is 3.03. The van der Waals surface area contributed by atoms with Crippen molar-refractivity contribution in [1.29, 1.82) is 0 Å². The Labute approximate surface area is 158 Å². The summed E-state index contributed by atoms with van der Waals surface area (Å²) < 4.78 is 5.12. The van der Waals surface area contributed by atoms with Crippen LogP contribution in [-0.4, -0.2) is 23.0 Å². The van der Waals surface area contributed by atoms with E-state index in [0.29, 0.717) is 12.4 Å². The highest BCUT2D eigenvalue weighted by Gasteiger charge is 2.08. The van der Waals surface area contributed by atoms with Crippen LogP contribution in [0, 0.1) is 13.8 Å². The molecule has 3 aromatic rings. The Morgan fingerprint density at radius 2 is 1.81 bits per heavy atom. The summed E-state index contributed by atoms with van der Waals surface area (Å²) >= 11 is 0. The molecular weight excluding hydrogens is 340 g/mol. The van der Waals surface area contributed by atoms with Crippen LogP contribution >= 0.6 is 0 Å². The highest BCUT2D eigenvalue weighted by Crippen LogP contribution is 2.20. The lowest BCUT2D eigenvalue weighted by atomic mass is 10.1. The van der Waals surface area contributed by atoms with E-state index < -0.39 is 0 Å². The second-order valence-corrected chi connectivity index (χ2v) is 6.26. The van der Waals surface area contributed by atoms with Gasteiger partial charge in [-0.2, -0.15) is 0 Å². The van der Waals surface area contributed by atoms with Gasteiger partial charge in [0.15, 0.2) is 0 Å². The predicted molar refractivity (Wildman–Crippen MR) is 105 cm³/mol. The number of anilines is 2. The van der Waals surface area contributed by atoms with Gasteiger partial charge in [-0.15, -0.1) is 0 Å². The number of hydrogen-bond donors (Lipinski definition) is 2. The van der Waals surface area contributed by atoms with Crippen molar-refractivity contribution in [2.24, 2.45) is 0 Å². The Hall–Kier alpha value is -3.41. The number of methoxy groups -OCH3 is 1. The minimum Gasteiger partial charge on any atom is -0.497 e. The molecule has 0 unspecified atom stereocenters. The van der Waals surface area contributed by atoms with Gasteiger partial charge in [-0.3, -0.25) is 4.79 Å². The van der Waals surface area contributed by atoms with Gasteiger partial charge in [0, 0.05) is 12.2 Å². The molecule has 0 aliphatic carbocycles. The Bertz CT molecular complexity index is 922. The van der Waals surface area contributed by atoms with Crippen LogP contribution in [0.5, 0.6) is 5.75 Å². The lowest BCUT2D eigenvalue weighted by Crippen LogP contribution is -2.24. The summed E-state index contributed by atoms with van der Waals surface area (Å²) in [5.74, 6) is 1.11. The summed E-state index contributed by atoms with van der Waals surface area (Å²) in [6.45, 7) is 4.47. The molecule has 27 heavy (non-hydrogen) atoms. The molecule has 6 nitrogen and oxygen atoms in total. The molecule has 0 aliphatic rings. The second-order valence-electron chi connectivity index (χ2n) is 6.26. The zero-order chi connectivity index (χ0) is 19.2. The van der Waals surface area contributed by atoms with Gasteiger partial charge in [0.2, 0.25) is 0 Å². The maximum absolute atomic E-state index is 12.3. The fourth-order valence-corrected chi connectivity index (χ4v) is 2.53. The van der Waals surface area contributed by atoms with Crippen molar-refractivity contribution in [3.8, 4) is 5.75 Å². The fourth-order valence-electron chi connectivity index (χ4n) is 2.53. The van der Waals surface area contributed by atoms with E-state index in [-0.39, 0.29) is 11.6 Å². The number of benzene rings is 2. The maximum atomic E-state index is 12.3. The number of rotatable bonds is 6. The summed E-state index contributed by atoms with van der Waals surface area (Å²) in [4.78, 5) is 20.8. The van der Waals surface area contributed by atoms with Crippen LogP contribution < -0.4 is 15.4 Å². The Balaban J connectivity index is 1.60. The van der Waals surface area contributed by atoms with Crippen LogP contribution in [0.3, 0.4) is 0 Å². The van der Waals surface area contributed by atoms with E-state index >= 15 is 0 Å². The van der Waals surface area contributed by atoms with E-state index in [1.807, 2.05) is 50.2 Å². The maximum Gasteiger partial charge on any atom is 0.271 e. The molecule has 0 spiro atoms. The first-order chi connectivity index (χ1) is 13.0. The number of carbonyl (C=O) groups excluding carboxylic acids is 1. The van der Waals surface area contributed by atoms with Gasteiger partial charge in [-0.25, -0.2) is 9.97 Å². The van der Waals surface area contributed by atoms with Crippen molar-refractivity contribution in [2.75, 3.05) is 12.4 Å². The van der Waals surface area contributed by atoms with Gasteiger partial charge in [-0.05, 0) is 48.7 Å². The van der Waals surface area contributed by atoms with Crippen molar-refractivity contribution in [3.63, 3.8) is 0 Å². The molecule has 0 atom stereocenters. The molecule has 0 fully saturated rings. The van der Waals surface area contributed by atoms with Crippen molar-refractivity contribution >= 4 is 17.4 Å². The van der Waals surface area contributed by atoms with Crippen molar-refractivity contribution in [1.82, 2.24) is 15.3 Å². The van der Waals surface area contributed by atoms with E-state index in [2.05, 4.69) is 26.7 Å². The molecule has 3 rings (SSSR count). The first-order valence-corrected chi connectivity index (χ1v) is 8.62. The molecule has 138 valence electrons. The summed E-state index contributed by atoms with van der Waals surface area (Å²) in [6, 6.07) is 13.7. The molecule has 2 N–H and O–H groups in total. The average Bonchev–Trinajstić information content (AvgIpc) is 2.70. The largest absolute Gasteiger partial charge is 0.497 e. The van der Waals surface area contributed by atoms with E-state index in [0.717, 1.165) is 28.1 Å². The van der Waals surface area contributed by atoms with E-state index in [1.165, 1.54) is 6.20 Å². The first kappa shape index (κ1) is 18.4. The average molecular weight is 362 g/mol. The molecule has 0 aliphatic heterocycles. The van der Waals surface area contributed by atoms with Crippen molar-refractivity contribution in [3.05, 3.63) is 77.2 Å². The Kier molecular flexibility index (Phi) is 5.66. The first-order valence-electron chi connectivity index (χ1n) is 8.62. The monoisotopic (exact) mass is 362 g/mol. The molecule has 2 aromatic carbocycles. The van der Waals surface area contributed by atoms with Crippen molar-refractivity contribution in [2.45, 2.75) is 20.4 Å². The highest BCUT2D eigenvalue weighted by molar-refractivity contribution is 5.92. The van der Waals surface area contributed by atoms with Crippen molar-refractivity contribution < 1.29 is 9.53 Å². The number of carbonyl (C=O) groups is 1. The third-order valence-corrected chi connectivity index (χ3v) is 4.15. The van der Waals surface area contributed by atoms with Crippen LogP contribution in [0.2, 0.25) is 0 Å². The molecule has 0 radical (unpaired) electrons. The third kappa shape index (κ3) is 4.82. The summed E-state index contributed by atoms with van der Waals surface area (Å²) in [5, 5.41) is 6.07. The number of amides is 1. The zero-order valence-corrected chi connectivity index (χ0v) is 15.6. The van der Waals surface area contributed by atoms with Crippen LogP contribution in [0.25, 0.3) is 0 Å². The normalized spacial score (nSPS) is 10.3. The number of ether oxygens (including phenoxy) is 1. The quantitative estimate of drug-likeness (QED) is 0.698. The minimum atomic E-state index is -0.267. The second kappa shape index (κ2) is 8.31. The summed E-state index contributed by atoms with van der Waals surface area (Å²) in [5.41, 5.74) is 4.50. The lowest BCUT2D eigenvalue weighted by Gasteiger charge is -2.10. The van der Waals surface area contributed by atoms with Gasteiger partial charge in [-0.1, -0.05) is 24.3 Å². The van der Waals surface area contributed by atoms with Gasteiger partial charge >= 0.3 is 0 Å². The van der Waals surface area contributed by atoms with E-state index in [9.17, 15) is 4.79 Å². The molecule has 0 saturated heterocycles. The molecule has 1 heterocycles. The van der Waals surface area contributed by atoms with Crippen LogP contribution in [0.15, 0.2) is 54.9 Å². The predicted octanol–water partition coefficient (Wildman–Crippen LogP) is 3.78. The molecule has 0 saturated carbocycles. The van der Waals surface area contributed by atoms with E-state index in [4.69, 9.17) is 4.74 Å². The number of hydrogen-bond acceptors (Lipinski definition) is 5. The minimum absolute atomic E-state index is 0.267. The lowest BCUT2D eigenvalue weighted by molar-refractivity contribution is 0.0945. The Morgan fingerprint density at radius 1 is 1.04 bits per heavy atom. The van der Waals surface area contributed by atoms with Crippen LogP contribution in [-0.2, 0) is 6.54 Å².